The van der Waals surface area contributed by atoms with Crippen LogP contribution in [-0.2, 0) is 34.9 Å². The number of ether oxygens (including phenoxy) is 7. The minimum absolute atomic E-state index is 0.0998. The summed E-state index contributed by atoms with van der Waals surface area (Å²) < 4.78 is 37.6. The van der Waals surface area contributed by atoms with Crippen LogP contribution in [-0.4, -0.2) is 126 Å². The molecule has 2 aromatic carbocycles. The molecule has 44 heavy (non-hydrogen) atoms. The average Bonchev–Trinajstić information content (AvgIpc) is 3.31. The predicted octanol–water partition coefficient (Wildman–Crippen LogP) is -0.502. The molecule has 2 aromatic rings. The number of phenols is 1. The normalized spacial score (nSPS) is 30.4. The zero-order valence-corrected chi connectivity index (χ0v) is 24.2. The van der Waals surface area contributed by atoms with Crippen LogP contribution in [0.4, 0.5) is 0 Å². The van der Waals surface area contributed by atoms with Gasteiger partial charge in [0.15, 0.2) is 29.7 Å². The van der Waals surface area contributed by atoms with Crippen LogP contribution >= 0.6 is 0 Å². The number of carbonyl (C=O) groups excluding carboxylic acids is 1. The first-order valence-corrected chi connectivity index (χ1v) is 13.8. The minimum atomic E-state index is -1.99. The maximum Gasteiger partial charge on any atom is 0.330 e. The lowest BCUT2D eigenvalue weighted by Crippen LogP contribution is -2.59. The number of methoxy groups -OCH3 is 2. The lowest BCUT2D eigenvalue weighted by atomic mass is 9.99. The zero-order valence-electron chi connectivity index (χ0n) is 24.2. The summed E-state index contributed by atoms with van der Waals surface area (Å²) in [5.74, 6) is 0.332. The van der Waals surface area contributed by atoms with Crippen molar-refractivity contribution < 1.29 is 68.6 Å². The van der Waals surface area contributed by atoms with E-state index in [2.05, 4.69) is 0 Å². The van der Waals surface area contributed by atoms with Gasteiger partial charge >= 0.3 is 5.97 Å². The van der Waals surface area contributed by atoms with Gasteiger partial charge < -0.3 is 63.8 Å². The molecule has 0 unspecified atom stereocenters. The van der Waals surface area contributed by atoms with Crippen molar-refractivity contribution >= 4 is 12.0 Å². The fraction of sp³-hybridized carbons (Fsp3) is 0.500. The lowest BCUT2D eigenvalue weighted by Gasteiger charge is -2.40. The SMILES string of the molecule is COc1ccc(/C=C/C(=O)OC[C@@]2(O)CO[C@@H](OC[C@H]3O[C@@H](OCCc4ccc(O)cc4)[C@H](O)[C@@H](O)[C@@H]3O)[C@@H]2O)cc1OC. The first kappa shape index (κ1) is 33.6. The number of phenolic OH excluding ortho intramolecular Hbond substituents is 1. The van der Waals surface area contributed by atoms with Crippen molar-refractivity contribution in [2.24, 2.45) is 0 Å². The van der Waals surface area contributed by atoms with Crippen molar-refractivity contribution in [3.63, 3.8) is 0 Å². The van der Waals surface area contributed by atoms with Crippen molar-refractivity contribution in [2.75, 3.05) is 40.6 Å². The molecule has 2 saturated heterocycles. The average molecular weight is 623 g/mol. The number of hydrogen-bond acceptors (Lipinski definition) is 14. The molecule has 0 amide bonds. The Bertz CT molecular complexity index is 1250. The smallest absolute Gasteiger partial charge is 0.330 e. The Morgan fingerprint density at radius 3 is 2.39 bits per heavy atom. The number of aromatic hydroxyl groups is 1. The highest BCUT2D eigenvalue weighted by molar-refractivity contribution is 5.87. The highest BCUT2D eigenvalue weighted by Gasteiger charge is 2.51. The molecule has 2 fully saturated rings. The van der Waals surface area contributed by atoms with Crippen LogP contribution < -0.4 is 9.47 Å². The third kappa shape index (κ3) is 8.24. The molecule has 0 saturated carbocycles. The largest absolute Gasteiger partial charge is 0.508 e. The summed E-state index contributed by atoms with van der Waals surface area (Å²) in [7, 11) is 2.99. The molecule has 2 aliphatic heterocycles. The fourth-order valence-corrected chi connectivity index (χ4v) is 4.62. The van der Waals surface area contributed by atoms with Crippen LogP contribution in [0, 0.1) is 0 Å². The van der Waals surface area contributed by atoms with Gasteiger partial charge in [-0.05, 0) is 47.9 Å². The summed E-state index contributed by atoms with van der Waals surface area (Å²) in [6.45, 7) is -1.34. The summed E-state index contributed by atoms with van der Waals surface area (Å²) in [5, 5.41) is 61.9. The molecule has 14 heteroatoms. The molecule has 0 bridgehead atoms. The van der Waals surface area contributed by atoms with Gasteiger partial charge in [0.1, 0.15) is 42.9 Å². The number of aliphatic hydroxyl groups is 5. The fourth-order valence-electron chi connectivity index (χ4n) is 4.62. The second kappa shape index (κ2) is 15.1. The standard InChI is InChI=1S/C30H38O14/c1-38-20-9-5-18(13-21(20)39-2)6-10-23(32)42-15-30(37)16-43-29(27(30)36)41-14-22-24(33)25(34)26(35)28(44-22)40-12-11-17-3-7-19(31)8-4-17/h3-10,13,22,24-29,31,33-37H,11-12,14-16H2,1-2H3/b10-6+/t22-,24-,25+,26-,27+,28-,29-,30-/m1/s1. The molecular formula is C30H38O14. The first-order chi connectivity index (χ1) is 21.0. The maximum absolute atomic E-state index is 12.3. The zero-order chi connectivity index (χ0) is 31.9. The number of benzene rings is 2. The molecule has 2 heterocycles. The maximum atomic E-state index is 12.3. The van der Waals surface area contributed by atoms with Crippen molar-refractivity contribution in [2.45, 2.75) is 55.1 Å². The molecule has 8 atom stereocenters. The molecule has 0 spiro atoms. The van der Waals surface area contributed by atoms with Crippen LogP contribution in [0.3, 0.4) is 0 Å². The van der Waals surface area contributed by atoms with E-state index in [0.29, 0.717) is 23.5 Å². The van der Waals surface area contributed by atoms with E-state index in [4.69, 9.17) is 33.2 Å². The molecule has 0 aliphatic carbocycles. The van der Waals surface area contributed by atoms with Gasteiger partial charge in [-0.1, -0.05) is 18.2 Å². The summed E-state index contributed by atoms with van der Waals surface area (Å²) in [4.78, 5) is 12.3. The third-order valence-electron chi connectivity index (χ3n) is 7.29. The van der Waals surface area contributed by atoms with E-state index < -0.39 is 74.5 Å². The minimum Gasteiger partial charge on any atom is -0.508 e. The van der Waals surface area contributed by atoms with Gasteiger partial charge in [0.2, 0.25) is 0 Å². The van der Waals surface area contributed by atoms with E-state index in [0.717, 1.165) is 11.6 Å². The lowest BCUT2D eigenvalue weighted by molar-refractivity contribution is -0.309. The molecule has 4 rings (SSSR count). The predicted molar refractivity (Wildman–Crippen MR) is 151 cm³/mol. The van der Waals surface area contributed by atoms with E-state index in [1.807, 2.05) is 0 Å². The highest BCUT2D eigenvalue weighted by atomic mass is 16.7. The van der Waals surface area contributed by atoms with Gasteiger partial charge in [0.05, 0.1) is 34.0 Å². The van der Waals surface area contributed by atoms with Crippen molar-refractivity contribution in [1.82, 2.24) is 0 Å². The van der Waals surface area contributed by atoms with Gasteiger partial charge in [-0.15, -0.1) is 0 Å². The van der Waals surface area contributed by atoms with E-state index in [1.54, 1.807) is 30.3 Å². The Labute approximate surface area is 253 Å². The van der Waals surface area contributed by atoms with Crippen molar-refractivity contribution in [3.8, 4) is 17.2 Å². The molecular weight excluding hydrogens is 584 g/mol. The highest BCUT2D eigenvalue weighted by Crippen LogP contribution is 2.30. The van der Waals surface area contributed by atoms with Crippen molar-refractivity contribution in [3.05, 3.63) is 59.7 Å². The third-order valence-corrected chi connectivity index (χ3v) is 7.29. The number of hydrogen-bond donors (Lipinski definition) is 6. The Balaban J connectivity index is 1.25. The van der Waals surface area contributed by atoms with Crippen LogP contribution in [0.25, 0.3) is 6.08 Å². The molecule has 2 aliphatic rings. The Morgan fingerprint density at radius 2 is 1.68 bits per heavy atom. The quantitative estimate of drug-likeness (QED) is 0.123. The van der Waals surface area contributed by atoms with Crippen molar-refractivity contribution in [1.29, 1.82) is 0 Å². The van der Waals surface area contributed by atoms with Gasteiger partial charge in [0.25, 0.3) is 0 Å². The second-order valence-electron chi connectivity index (χ2n) is 10.4. The van der Waals surface area contributed by atoms with Gasteiger partial charge in [-0.3, -0.25) is 0 Å². The Kier molecular flexibility index (Phi) is 11.5. The molecule has 242 valence electrons. The molecule has 0 aromatic heterocycles. The van der Waals surface area contributed by atoms with Crippen LogP contribution in [0.5, 0.6) is 17.2 Å². The van der Waals surface area contributed by atoms with Crippen LogP contribution in [0.15, 0.2) is 48.5 Å². The van der Waals surface area contributed by atoms with E-state index in [9.17, 15) is 35.4 Å². The van der Waals surface area contributed by atoms with Gasteiger partial charge in [-0.2, -0.15) is 0 Å². The Morgan fingerprint density at radius 1 is 0.955 bits per heavy atom. The summed E-state index contributed by atoms with van der Waals surface area (Å²) in [5.41, 5.74) is -0.502. The number of rotatable bonds is 13. The summed E-state index contributed by atoms with van der Waals surface area (Å²) in [6.07, 6.45) is -7.18. The van der Waals surface area contributed by atoms with Crippen LogP contribution in [0.1, 0.15) is 11.1 Å². The van der Waals surface area contributed by atoms with Gasteiger partial charge in [0, 0.05) is 6.08 Å². The van der Waals surface area contributed by atoms with E-state index in [1.165, 1.54) is 32.4 Å². The summed E-state index contributed by atoms with van der Waals surface area (Å²) >= 11 is 0. The number of aliphatic hydroxyl groups excluding tert-OH is 4. The van der Waals surface area contributed by atoms with Crippen LogP contribution in [0.2, 0.25) is 0 Å². The molecule has 14 nitrogen and oxygen atoms in total. The van der Waals surface area contributed by atoms with Gasteiger partial charge in [-0.25, -0.2) is 4.79 Å². The molecule has 0 radical (unpaired) electrons. The first-order valence-electron chi connectivity index (χ1n) is 13.8. The summed E-state index contributed by atoms with van der Waals surface area (Å²) in [6, 6.07) is 11.5. The molecule has 6 N–H and O–H groups in total. The Hall–Kier alpha value is -3.31. The van der Waals surface area contributed by atoms with E-state index in [-0.39, 0.29) is 12.4 Å². The number of carbonyl (C=O) groups is 1. The van der Waals surface area contributed by atoms with E-state index >= 15 is 0 Å². The number of esters is 1. The topological polar surface area (TPSA) is 203 Å². The second-order valence-corrected chi connectivity index (χ2v) is 10.4. The monoisotopic (exact) mass is 622 g/mol.